The van der Waals surface area contributed by atoms with E-state index in [-0.39, 0.29) is 11.4 Å². The molecule has 5 rings (SSSR count). The van der Waals surface area contributed by atoms with Crippen molar-refractivity contribution in [3.05, 3.63) is 107 Å². The van der Waals surface area contributed by atoms with Gasteiger partial charge < -0.3 is 4.74 Å². The molecule has 0 amide bonds. The van der Waals surface area contributed by atoms with Gasteiger partial charge in [0.05, 0.1) is 12.7 Å². The summed E-state index contributed by atoms with van der Waals surface area (Å²) in [6.07, 6.45) is 1.07. The van der Waals surface area contributed by atoms with Gasteiger partial charge in [-0.15, -0.1) is 0 Å². The fourth-order valence-electron chi connectivity index (χ4n) is 6.17. The third kappa shape index (κ3) is 4.78. The van der Waals surface area contributed by atoms with Crippen LogP contribution in [-0.2, 0) is 16.7 Å². The van der Waals surface area contributed by atoms with Crippen molar-refractivity contribution in [1.29, 1.82) is 0 Å². The molecule has 2 saturated heterocycles. The Morgan fingerprint density at radius 2 is 1.66 bits per heavy atom. The second kappa shape index (κ2) is 9.96. The Labute approximate surface area is 209 Å². The largest absolute Gasteiger partial charge is 0.465 e. The summed E-state index contributed by atoms with van der Waals surface area (Å²) in [6.45, 7) is 8.85. The number of esters is 1. The van der Waals surface area contributed by atoms with Crippen LogP contribution in [-0.4, -0.2) is 48.6 Å². The molecule has 3 aromatic carbocycles. The lowest BCUT2D eigenvalue weighted by Crippen LogP contribution is -2.61. The summed E-state index contributed by atoms with van der Waals surface area (Å²) in [5, 5.41) is 0. The fourth-order valence-corrected chi connectivity index (χ4v) is 6.17. The molecule has 0 saturated carbocycles. The van der Waals surface area contributed by atoms with Crippen molar-refractivity contribution in [3.63, 3.8) is 0 Å². The summed E-state index contributed by atoms with van der Waals surface area (Å²) in [5.41, 5.74) is 4.64. The molecule has 0 N–H and O–H groups in total. The van der Waals surface area contributed by atoms with Crippen molar-refractivity contribution >= 4 is 5.97 Å². The molecule has 3 aromatic rings. The summed E-state index contributed by atoms with van der Waals surface area (Å²) in [4.78, 5) is 17.6. The minimum Gasteiger partial charge on any atom is -0.465 e. The maximum atomic E-state index is 12.2. The first-order valence-corrected chi connectivity index (χ1v) is 12.7. The number of rotatable bonds is 5. The molecule has 2 unspecified atom stereocenters. The van der Waals surface area contributed by atoms with Crippen LogP contribution in [0.15, 0.2) is 84.9 Å². The van der Waals surface area contributed by atoms with Gasteiger partial charge >= 0.3 is 5.97 Å². The lowest BCUT2D eigenvalue weighted by molar-refractivity contribution is -0.0351. The number of ether oxygens (including phenoxy) is 1. The van der Waals surface area contributed by atoms with E-state index in [1.165, 1.54) is 23.8 Å². The Morgan fingerprint density at radius 1 is 0.943 bits per heavy atom. The number of nitrogens with zero attached hydrogens (tertiary/aromatic N) is 2. The maximum Gasteiger partial charge on any atom is 0.337 e. The van der Waals surface area contributed by atoms with Gasteiger partial charge in [-0.3, -0.25) is 9.80 Å². The maximum absolute atomic E-state index is 12.2. The molecular formula is C31H36N2O2. The van der Waals surface area contributed by atoms with Crippen LogP contribution in [0.5, 0.6) is 0 Å². The van der Waals surface area contributed by atoms with E-state index in [9.17, 15) is 4.79 Å². The highest BCUT2D eigenvalue weighted by molar-refractivity contribution is 5.89. The molecule has 4 heteroatoms. The van der Waals surface area contributed by atoms with Crippen molar-refractivity contribution in [1.82, 2.24) is 9.80 Å². The van der Waals surface area contributed by atoms with E-state index < -0.39 is 0 Å². The molecule has 35 heavy (non-hydrogen) atoms. The number of hydrogen-bond acceptors (Lipinski definition) is 4. The van der Waals surface area contributed by atoms with Gasteiger partial charge in [0.2, 0.25) is 0 Å². The number of methoxy groups -OCH3 is 1. The van der Waals surface area contributed by atoms with Gasteiger partial charge in [0, 0.05) is 38.3 Å². The molecule has 182 valence electrons. The first kappa shape index (κ1) is 23.8. The van der Waals surface area contributed by atoms with E-state index in [2.05, 4.69) is 96.4 Å². The zero-order valence-corrected chi connectivity index (χ0v) is 21.1. The summed E-state index contributed by atoms with van der Waals surface area (Å²) in [7, 11) is 1.45. The topological polar surface area (TPSA) is 32.8 Å². The number of carbonyl (C=O) groups is 1. The second-order valence-corrected chi connectivity index (χ2v) is 10.5. The van der Waals surface area contributed by atoms with Crippen LogP contribution in [0.25, 0.3) is 0 Å². The SMILES string of the molecule is COC(=O)c1cccc([C@]2(C)CC3CN(Cc4ccccc4)[C@@H](c4ccccc4)CN3CC2C)c1. The van der Waals surface area contributed by atoms with E-state index in [0.717, 1.165) is 32.6 Å². The number of piperazine rings is 1. The van der Waals surface area contributed by atoms with Crippen LogP contribution in [0.4, 0.5) is 0 Å². The summed E-state index contributed by atoms with van der Waals surface area (Å²) >= 11 is 0. The van der Waals surface area contributed by atoms with Crippen LogP contribution in [0.3, 0.4) is 0 Å². The van der Waals surface area contributed by atoms with Crippen molar-refractivity contribution in [3.8, 4) is 0 Å². The molecule has 0 spiro atoms. The quantitative estimate of drug-likeness (QED) is 0.450. The molecule has 0 aromatic heterocycles. The number of carbonyl (C=O) groups excluding carboxylic acids is 1. The minimum atomic E-state index is -0.266. The van der Waals surface area contributed by atoms with Crippen LogP contribution < -0.4 is 0 Å². The number of hydrogen-bond donors (Lipinski definition) is 0. The Morgan fingerprint density at radius 3 is 2.37 bits per heavy atom. The van der Waals surface area contributed by atoms with Crippen LogP contribution in [0, 0.1) is 5.92 Å². The molecule has 0 aliphatic carbocycles. The van der Waals surface area contributed by atoms with E-state index in [1.807, 2.05) is 12.1 Å². The highest BCUT2D eigenvalue weighted by atomic mass is 16.5. The van der Waals surface area contributed by atoms with E-state index in [0.29, 0.717) is 23.6 Å². The predicted octanol–water partition coefficient (Wildman–Crippen LogP) is 5.70. The predicted molar refractivity (Wildman–Crippen MR) is 140 cm³/mol. The first-order chi connectivity index (χ1) is 17.0. The van der Waals surface area contributed by atoms with Gasteiger partial charge in [-0.2, -0.15) is 0 Å². The van der Waals surface area contributed by atoms with Crippen molar-refractivity contribution in [2.75, 3.05) is 26.7 Å². The number of fused-ring (bicyclic) bond motifs is 1. The number of benzene rings is 3. The lowest BCUT2D eigenvalue weighted by atomic mass is 9.65. The third-order valence-corrected chi connectivity index (χ3v) is 8.42. The molecular weight excluding hydrogens is 432 g/mol. The summed E-state index contributed by atoms with van der Waals surface area (Å²) in [6, 6.07) is 30.8. The van der Waals surface area contributed by atoms with Gasteiger partial charge in [-0.05, 0) is 46.6 Å². The van der Waals surface area contributed by atoms with Gasteiger partial charge in [-0.25, -0.2) is 4.79 Å². The Kier molecular flexibility index (Phi) is 6.77. The van der Waals surface area contributed by atoms with Gasteiger partial charge in [0.25, 0.3) is 0 Å². The van der Waals surface area contributed by atoms with Crippen molar-refractivity contribution in [2.24, 2.45) is 5.92 Å². The molecule has 0 radical (unpaired) electrons. The first-order valence-electron chi connectivity index (χ1n) is 12.7. The second-order valence-electron chi connectivity index (χ2n) is 10.5. The standard InChI is InChI=1S/C31H36N2O2/c1-23-19-32-22-29(25-13-8-5-9-14-25)33(20-24-11-6-4-7-12-24)21-28(32)18-31(23,2)27-16-10-15-26(17-27)30(34)35-3/h4-17,23,28-29H,18-22H2,1-3H3/t23?,28?,29-,31-/m1/s1. The molecule has 2 heterocycles. The summed E-state index contributed by atoms with van der Waals surface area (Å²) < 4.78 is 4.99. The smallest absolute Gasteiger partial charge is 0.337 e. The molecule has 4 nitrogen and oxygen atoms in total. The van der Waals surface area contributed by atoms with Gasteiger partial charge in [0.15, 0.2) is 0 Å². The highest BCUT2D eigenvalue weighted by Gasteiger charge is 2.46. The van der Waals surface area contributed by atoms with Crippen LogP contribution in [0.2, 0.25) is 0 Å². The monoisotopic (exact) mass is 468 g/mol. The van der Waals surface area contributed by atoms with Crippen molar-refractivity contribution in [2.45, 2.75) is 44.3 Å². The van der Waals surface area contributed by atoms with Crippen LogP contribution in [0.1, 0.15) is 53.4 Å². The Hall–Kier alpha value is -2.95. The van der Waals surface area contributed by atoms with Gasteiger partial charge in [0.1, 0.15) is 0 Å². The lowest BCUT2D eigenvalue weighted by Gasteiger charge is -2.55. The Bertz CT molecular complexity index is 1150. The average molecular weight is 469 g/mol. The normalized spacial score (nSPS) is 27.2. The Balaban J connectivity index is 1.43. The highest BCUT2D eigenvalue weighted by Crippen LogP contribution is 2.45. The zero-order chi connectivity index (χ0) is 24.4. The molecule has 4 atom stereocenters. The molecule has 2 aliphatic heterocycles. The summed E-state index contributed by atoms with van der Waals surface area (Å²) in [5.74, 6) is 0.210. The minimum absolute atomic E-state index is 0.00317. The average Bonchev–Trinajstić information content (AvgIpc) is 2.90. The molecule has 2 fully saturated rings. The third-order valence-electron chi connectivity index (χ3n) is 8.42. The zero-order valence-electron chi connectivity index (χ0n) is 21.1. The van der Waals surface area contributed by atoms with Crippen molar-refractivity contribution < 1.29 is 9.53 Å². The van der Waals surface area contributed by atoms with Gasteiger partial charge in [-0.1, -0.05) is 86.6 Å². The van der Waals surface area contributed by atoms with Crippen LogP contribution >= 0.6 is 0 Å². The fraction of sp³-hybridized carbons (Fsp3) is 0.387. The van der Waals surface area contributed by atoms with E-state index in [4.69, 9.17) is 4.74 Å². The molecule has 2 aliphatic rings. The van der Waals surface area contributed by atoms with E-state index in [1.54, 1.807) is 0 Å². The molecule has 0 bridgehead atoms. The number of piperidine rings is 1. The van der Waals surface area contributed by atoms with E-state index >= 15 is 0 Å².